The second-order valence-corrected chi connectivity index (χ2v) is 6.34. The maximum atomic E-state index is 12.1. The van der Waals surface area contributed by atoms with E-state index in [1.54, 1.807) is 13.8 Å². The number of fused-ring (bicyclic) bond motifs is 1. The van der Waals surface area contributed by atoms with Crippen molar-refractivity contribution in [3.63, 3.8) is 0 Å². The van der Waals surface area contributed by atoms with Crippen LogP contribution in [0.4, 0.5) is 0 Å². The Morgan fingerprint density at radius 1 is 1.21 bits per heavy atom. The Balaban J connectivity index is 2.17. The minimum atomic E-state index is -0.589. The molecule has 0 radical (unpaired) electrons. The lowest BCUT2D eigenvalue weighted by molar-refractivity contribution is 0.0381. The predicted octanol–water partition coefficient (Wildman–Crippen LogP) is 3.64. The molecule has 0 unspecified atom stereocenters. The first-order chi connectivity index (χ1) is 11.5. The van der Waals surface area contributed by atoms with Gasteiger partial charge in [0.2, 0.25) is 5.88 Å². The summed E-state index contributed by atoms with van der Waals surface area (Å²) in [6.45, 7) is 3.49. The number of rotatable bonds is 4. The summed E-state index contributed by atoms with van der Waals surface area (Å²) in [5.74, 6) is -0.118. The quantitative estimate of drug-likeness (QED) is 0.728. The molecule has 1 N–H and O–H groups in total. The van der Waals surface area contributed by atoms with Crippen molar-refractivity contribution in [2.75, 3.05) is 7.11 Å². The van der Waals surface area contributed by atoms with Gasteiger partial charge in [0, 0.05) is 5.56 Å². The highest BCUT2D eigenvalue weighted by molar-refractivity contribution is 7.20. The van der Waals surface area contributed by atoms with Crippen LogP contribution in [0.1, 0.15) is 23.5 Å². The molecule has 2 aromatic heterocycles. The number of benzene rings is 1. The van der Waals surface area contributed by atoms with E-state index in [9.17, 15) is 9.90 Å². The number of aromatic hydroxyl groups is 1. The first-order valence-corrected chi connectivity index (χ1v) is 8.16. The molecule has 0 aliphatic carbocycles. The molecular formula is C17H16N2O4S. The van der Waals surface area contributed by atoms with Crippen LogP contribution in [0.15, 0.2) is 30.3 Å². The molecule has 0 amide bonds. The second kappa shape index (κ2) is 6.45. The summed E-state index contributed by atoms with van der Waals surface area (Å²) >= 11 is 1.06. The van der Waals surface area contributed by atoms with Gasteiger partial charge in [-0.3, -0.25) is 0 Å². The summed E-state index contributed by atoms with van der Waals surface area (Å²) in [6.07, 6.45) is -0.282. The average Bonchev–Trinajstić information content (AvgIpc) is 2.91. The Bertz CT molecular complexity index is 890. The van der Waals surface area contributed by atoms with Gasteiger partial charge in [-0.25, -0.2) is 9.78 Å². The molecule has 6 nitrogen and oxygen atoms in total. The lowest BCUT2D eigenvalue weighted by atomic mass is 10.2. The summed E-state index contributed by atoms with van der Waals surface area (Å²) in [7, 11) is 1.46. The van der Waals surface area contributed by atoms with Gasteiger partial charge < -0.3 is 14.6 Å². The molecular weight excluding hydrogens is 328 g/mol. The second-order valence-electron chi connectivity index (χ2n) is 5.34. The number of thiophene rings is 1. The molecule has 0 fully saturated rings. The highest BCUT2D eigenvalue weighted by atomic mass is 32.1. The van der Waals surface area contributed by atoms with Gasteiger partial charge in [0.25, 0.3) is 0 Å². The zero-order chi connectivity index (χ0) is 17.3. The van der Waals surface area contributed by atoms with Crippen LogP contribution < -0.4 is 4.74 Å². The van der Waals surface area contributed by atoms with E-state index in [0.717, 1.165) is 16.9 Å². The molecule has 0 saturated heterocycles. The summed E-state index contributed by atoms with van der Waals surface area (Å²) < 4.78 is 10.4. The number of carbonyl (C=O) groups excluding carboxylic acids is 1. The van der Waals surface area contributed by atoms with Crippen molar-refractivity contribution in [1.82, 2.24) is 9.97 Å². The number of methoxy groups -OCH3 is 1. The van der Waals surface area contributed by atoms with E-state index in [2.05, 4.69) is 9.97 Å². The van der Waals surface area contributed by atoms with Crippen molar-refractivity contribution in [3.8, 4) is 23.0 Å². The summed E-state index contributed by atoms with van der Waals surface area (Å²) in [5, 5.41) is 10.7. The molecule has 0 atom stereocenters. The molecule has 0 saturated carbocycles. The topological polar surface area (TPSA) is 81.5 Å². The average molecular weight is 344 g/mol. The van der Waals surface area contributed by atoms with E-state index in [-0.39, 0.29) is 22.6 Å². The van der Waals surface area contributed by atoms with Gasteiger partial charge in [-0.05, 0) is 13.8 Å². The zero-order valence-electron chi connectivity index (χ0n) is 13.4. The molecule has 0 bridgehead atoms. The fourth-order valence-electron chi connectivity index (χ4n) is 2.23. The highest BCUT2D eigenvalue weighted by Crippen LogP contribution is 2.41. The zero-order valence-corrected chi connectivity index (χ0v) is 14.3. The maximum absolute atomic E-state index is 12.1. The first-order valence-electron chi connectivity index (χ1n) is 7.35. The number of aromatic nitrogens is 2. The predicted molar refractivity (Wildman–Crippen MR) is 91.6 cm³/mol. The van der Waals surface area contributed by atoms with Crippen LogP contribution in [0.3, 0.4) is 0 Å². The molecule has 3 rings (SSSR count). The van der Waals surface area contributed by atoms with Crippen LogP contribution in [-0.2, 0) is 4.74 Å². The molecule has 0 spiro atoms. The number of esters is 1. The molecule has 124 valence electrons. The maximum Gasteiger partial charge on any atom is 0.352 e. The van der Waals surface area contributed by atoms with Crippen LogP contribution in [0.5, 0.6) is 11.6 Å². The van der Waals surface area contributed by atoms with E-state index in [0.29, 0.717) is 16.0 Å². The van der Waals surface area contributed by atoms with Gasteiger partial charge in [0.15, 0.2) is 16.5 Å². The number of hydrogen-bond acceptors (Lipinski definition) is 7. The lowest BCUT2D eigenvalue weighted by Gasteiger charge is -2.06. The first kappa shape index (κ1) is 16.2. The standard InChI is InChI=1S/C17H16N2O4S/c1-9(2)23-17(21)13-12(20)11-15(22-3)18-14(19-16(11)24-13)10-7-5-4-6-8-10/h4-9,20H,1-3H3. The fourth-order valence-corrected chi connectivity index (χ4v) is 3.17. The molecule has 2 heterocycles. The van der Waals surface area contributed by atoms with Crippen LogP contribution >= 0.6 is 11.3 Å². The molecule has 0 aliphatic rings. The van der Waals surface area contributed by atoms with Gasteiger partial charge in [-0.2, -0.15) is 4.98 Å². The van der Waals surface area contributed by atoms with Crippen LogP contribution in [-0.4, -0.2) is 34.3 Å². The van der Waals surface area contributed by atoms with Gasteiger partial charge >= 0.3 is 5.97 Å². The van der Waals surface area contributed by atoms with Crippen LogP contribution in [0.2, 0.25) is 0 Å². The normalized spacial score (nSPS) is 11.0. The number of hydrogen-bond donors (Lipinski definition) is 1. The molecule has 0 aliphatic heterocycles. The lowest BCUT2D eigenvalue weighted by Crippen LogP contribution is -2.10. The van der Waals surface area contributed by atoms with Crippen LogP contribution in [0.25, 0.3) is 21.6 Å². The minimum absolute atomic E-state index is 0.0940. The summed E-state index contributed by atoms with van der Waals surface area (Å²) in [4.78, 5) is 21.5. The molecule has 3 aromatic rings. The number of nitrogens with zero attached hydrogens (tertiary/aromatic N) is 2. The van der Waals surface area contributed by atoms with Gasteiger partial charge in [-0.15, -0.1) is 11.3 Å². The monoisotopic (exact) mass is 344 g/mol. The Morgan fingerprint density at radius 2 is 1.92 bits per heavy atom. The van der Waals surface area contributed by atoms with E-state index < -0.39 is 5.97 Å². The third-order valence-corrected chi connectivity index (χ3v) is 4.30. The Hall–Kier alpha value is -2.67. The van der Waals surface area contributed by atoms with Crippen LogP contribution in [0, 0.1) is 0 Å². The molecule has 7 heteroatoms. The summed E-state index contributed by atoms with van der Waals surface area (Å²) in [5.41, 5.74) is 0.817. The number of ether oxygens (including phenoxy) is 2. The molecule has 24 heavy (non-hydrogen) atoms. The highest BCUT2D eigenvalue weighted by Gasteiger charge is 2.25. The Kier molecular flexibility index (Phi) is 4.35. The third kappa shape index (κ3) is 2.90. The van der Waals surface area contributed by atoms with Gasteiger partial charge in [0.05, 0.1) is 13.2 Å². The fraction of sp³-hybridized carbons (Fsp3) is 0.235. The van der Waals surface area contributed by atoms with Gasteiger partial charge in [0.1, 0.15) is 10.2 Å². The third-order valence-electron chi connectivity index (χ3n) is 3.25. The van der Waals surface area contributed by atoms with Gasteiger partial charge in [-0.1, -0.05) is 30.3 Å². The largest absolute Gasteiger partial charge is 0.505 e. The van der Waals surface area contributed by atoms with E-state index >= 15 is 0 Å². The van der Waals surface area contributed by atoms with Crippen molar-refractivity contribution in [1.29, 1.82) is 0 Å². The minimum Gasteiger partial charge on any atom is -0.505 e. The van der Waals surface area contributed by atoms with Crippen molar-refractivity contribution < 1.29 is 19.4 Å². The molecule has 1 aromatic carbocycles. The smallest absolute Gasteiger partial charge is 0.352 e. The Labute approximate surface area is 142 Å². The SMILES string of the molecule is COc1nc(-c2ccccc2)nc2sc(C(=O)OC(C)C)c(O)c12. The summed E-state index contributed by atoms with van der Waals surface area (Å²) in [6, 6.07) is 9.42. The van der Waals surface area contributed by atoms with E-state index in [1.165, 1.54) is 7.11 Å². The van der Waals surface area contributed by atoms with Crippen molar-refractivity contribution in [2.24, 2.45) is 0 Å². The number of carbonyl (C=O) groups is 1. The van der Waals surface area contributed by atoms with E-state index in [4.69, 9.17) is 9.47 Å². The van der Waals surface area contributed by atoms with E-state index in [1.807, 2.05) is 30.3 Å². The Morgan fingerprint density at radius 3 is 2.54 bits per heavy atom. The van der Waals surface area contributed by atoms with Crippen molar-refractivity contribution in [2.45, 2.75) is 20.0 Å². The van der Waals surface area contributed by atoms with Crippen molar-refractivity contribution in [3.05, 3.63) is 35.2 Å². The van der Waals surface area contributed by atoms with Crippen molar-refractivity contribution >= 4 is 27.5 Å².